The summed E-state index contributed by atoms with van der Waals surface area (Å²) in [7, 11) is -1.26. The fourth-order valence-corrected chi connectivity index (χ4v) is 2.85. The van der Waals surface area contributed by atoms with Gasteiger partial charge in [-0.25, -0.2) is 9.59 Å². The number of benzene rings is 1. The van der Waals surface area contributed by atoms with Gasteiger partial charge >= 0.3 is 19.0 Å². The van der Waals surface area contributed by atoms with Crippen LogP contribution in [0.4, 0.5) is 0 Å². The fourth-order valence-electron chi connectivity index (χ4n) is 2.85. The Bertz CT molecular complexity index is 809. The van der Waals surface area contributed by atoms with Crippen LogP contribution in [0, 0.1) is 0 Å². The van der Waals surface area contributed by atoms with Crippen molar-refractivity contribution in [2.75, 3.05) is 6.54 Å². The van der Waals surface area contributed by atoms with E-state index in [4.69, 9.17) is 10.4 Å². The molecule has 0 bridgehead atoms. The van der Waals surface area contributed by atoms with Gasteiger partial charge in [0.05, 0.1) is 17.2 Å². The molecule has 1 aliphatic heterocycles. The van der Waals surface area contributed by atoms with Gasteiger partial charge in [0.15, 0.2) is 12.4 Å². The van der Waals surface area contributed by atoms with Crippen molar-refractivity contribution >= 4 is 19.0 Å². The molecule has 0 radical (unpaired) electrons. The van der Waals surface area contributed by atoms with Crippen molar-refractivity contribution in [3.05, 3.63) is 41.7 Å². The van der Waals surface area contributed by atoms with Crippen LogP contribution in [-0.4, -0.2) is 45.6 Å². The molecule has 10 heteroatoms. The zero-order valence-corrected chi connectivity index (χ0v) is 13.4. The third-order valence-corrected chi connectivity index (χ3v) is 4.09. The van der Waals surface area contributed by atoms with Crippen LogP contribution in [0.2, 0.25) is 5.82 Å². The molecule has 0 saturated carbocycles. The number of fused-ring (bicyclic) bond motifs is 1. The summed E-state index contributed by atoms with van der Waals surface area (Å²) < 4.78 is 8.14. The number of carbonyl (C=O) groups is 2. The monoisotopic (exact) mass is 345 g/mol. The Morgan fingerprint density at radius 1 is 1.48 bits per heavy atom. The molecule has 3 rings (SSSR count). The molecule has 2 aromatic rings. The summed E-state index contributed by atoms with van der Waals surface area (Å²) >= 11 is 0. The first-order valence-electron chi connectivity index (χ1n) is 7.88. The number of carboxylic acid groups (broad SMARTS) is 1. The van der Waals surface area contributed by atoms with Crippen molar-refractivity contribution in [3.63, 3.8) is 0 Å². The van der Waals surface area contributed by atoms with Crippen LogP contribution >= 0.6 is 0 Å². The number of nitrogens with zero attached hydrogens (tertiary/aromatic N) is 3. The quantitative estimate of drug-likeness (QED) is 0.484. The van der Waals surface area contributed by atoms with Crippen molar-refractivity contribution in [3.8, 4) is 5.75 Å². The average molecular weight is 345 g/mol. The largest absolute Gasteiger partial charge is 0.535 e. The molecule has 0 unspecified atom stereocenters. The van der Waals surface area contributed by atoms with Crippen LogP contribution in [-0.2, 0) is 13.0 Å². The molecular formula is C15H18BN4O5+. The van der Waals surface area contributed by atoms with Crippen LogP contribution < -0.4 is 15.1 Å². The van der Waals surface area contributed by atoms with Crippen LogP contribution in [0.1, 0.15) is 27.1 Å². The highest BCUT2D eigenvalue weighted by Gasteiger charge is 2.39. The lowest BCUT2D eigenvalue weighted by Crippen LogP contribution is -2.41. The summed E-state index contributed by atoms with van der Waals surface area (Å²) in [6.07, 6.45) is 3.53. The Balaban J connectivity index is 1.74. The summed E-state index contributed by atoms with van der Waals surface area (Å²) in [5.74, 6) is -1.75. The number of aromatic carboxylic acids is 1. The van der Waals surface area contributed by atoms with E-state index >= 15 is 0 Å². The molecule has 2 heterocycles. The van der Waals surface area contributed by atoms with Crippen LogP contribution in [0.25, 0.3) is 0 Å². The highest BCUT2D eigenvalue weighted by atomic mass is 16.5. The summed E-state index contributed by atoms with van der Waals surface area (Å²) in [4.78, 5) is 23.6. The first kappa shape index (κ1) is 17.1. The molecule has 25 heavy (non-hydrogen) atoms. The van der Waals surface area contributed by atoms with E-state index in [1.54, 1.807) is 23.0 Å². The minimum atomic E-state index is -1.26. The summed E-state index contributed by atoms with van der Waals surface area (Å²) in [6, 6.07) is 4.76. The van der Waals surface area contributed by atoms with Crippen molar-refractivity contribution in [1.29, 1.82) is 0 Å². The number of hydrogen-bond donors (Lipinski definition) is 3. The Kier molecular flexibility index (Phi) is 4.82. The standard InChI is InChI=1S/C15H17BN4O5/c17-4-5-19-6-7-20(18-19)13(21)9-11-8-10-2-1-3-12(15(22)23)14(10)25-16(11)24/h1-3,6-7,11,24H,4-5,8-9,17H2/p+1/t11-/m1/s1. The van der Waals surface area contributed by atoms with E-state index in [1.165, 1.54) is 16.9 Å². The van der Waals surface area contributed by atoms with Crippen molar-refractivity contribution < 1.29 is 29.1 Å². The molecule has 0 spiro atoms. The van der Waals surface area contributed by atoms with Gasteiger partial charge < -0.3 is 20.5 Å². The number of hydrogen-bond acceptors (Lipinski definition) is 6. The van der Waals surface area contributed by atoms with E-state index in [-0.39, 0.29) is 23.6 Å². The Hall–Kier alpha value is -2.72. The van der Waals surface area contributed by atoms with Gasteiger partial charge in [-0.05, 0) is 18.1 Å². The maximum absolute atomic E-state index is 12.4. The topological polar surface area (TPSA) is 132 Å². The first-order valence-corrected chi connectivity index (χ1v) is 7.88. The molecule has 130 valence electrons. The zero-order chi connectivity index (χ0) is 18.0. The minimum Gasteiger partial charge on any atom is -0.535 e. The lowest BCUT2D eigenvalue weighted by Gasteiger charge is -2.27. The van der Waals surface area contributed by atoms with E-state index in [1.807, 2.05) is 0 Å². The molecule has 1 aromatic heterocycles. The number of carbonyl (C=O) groups excluding carboxylic acids is 1. The normalized spacial score (nSPS) is 16.2. The second-order valence-corrected chi connectivity index (χ2v) is 5.85. The number of rotatable bonds is 5. The van der Waals surface area contributed by atoms with Gasteiger partial charge in [-0.2, -0.15) is 0 Å². The van der Waals surface area contributed by atoms with Gasteiger partial charge in [-0.1, -0.05) is 16.8 Å². The molecule has 9 nitrogen and oxygen atoms in total. The number of nitrogens with two attached hydrogens (primary N) is 1. The second kappa shape index (κ2) is 7.03. The molecule has 0 amide bonds. The highest BCUT2D eigenvalue weighted by molar-refractivity contribution is 6.47. The van der Waals surface area contributed by atoms with Gasteiger partial charge in [-0.3, -0.25) is 0 Å². The fraction of sp³-hybridized carbons (Fsp3) is 0.333. The predicted molar refractivity (Wildman–Crippen MR) is 86.2 cm³/mol. The maximum atomic E-state index is 12.4. The lowest BCUT2D eigenvalue weighted by molar-refractivity contribution is -0.752. The predicted octanol–water partition coefficient (Wildman–Crippen LogP) is -0.656. The number of carboxylic acids is 1. The van der Waals surface area contributed by atoms with Crippen LogP contribution in [0.5, 0.6) is 5.75 Å². The Morgan fingerprint density at radius 2 is 2.28 bits per heavy atom. The number of aromatic nitrogens is 3. The zero-order valence-electron chi connectivity index (χ0n) is 13.4. The SMILES string of the molecule is NCC[n+]1ccn(C(=O)C[C@H]2Cc3cccc(C(=O)O)c3OB2O)n1. The van der Waals surface area contributed by atoms with Crippen molar-refractivity contribution in [2.45, 2.75) is 25.2 Å². The summed E-state index contributed by atoms with van der Waals surface area (Å²) in [6.45, 7) is 0.911. The molecule has 1 atom stereocenters. The van der Waals surface area contributed by atoms with E-state index in [0.29, 0.717) is 25.1 Å². The average Bonchev–Trinajstić information content (AvgIpc) is 3.04. The lowest BCUT2D eigenvalue weighted by atomic mass is 9.65. The Labute approximate surface area is 143 Å². The molecule has 0 fully saturated rings. The van der Waals surface area contributed by atoms with Crippen LogP contribution in [0.3, 0.4) is 0 Å². The van der Waals surface area contributed by atoms with Gasteiger partial charge in [0.2, 0.25) is 0 Å². The summed E-state index contributed by atoms with van der Waals surface area (Å²) in [5.41, 5.74) is 6.10. The van der Waals surface area contributed by atoms with Gasteiger partial charge in [0.25, 0.3) is 0 Å². The van der Waals surface area contributed by atoms with E-state index < -0.39 is 18.9 Å². The molecule has 1 aromatic carbocycles. The molecule has 1 aliphatic rings. The van der Waals surface area contributed by atoms with Crippen LogP contribution in [0.15, 0.2) is 30.6 Å². The van der Waals surface area contributed by atoms with E-state index in [0.717, 1.165) is 0 Å². The smallest absolute Gasteiger partial charge is 0.526 e. The van der Waals surface area contributed by atoms with E-state index in [9.17, 15) is 19.7 Å². The third kappa shape index (κ3) is 3.54. The van der Waals surface area contributed by atoms with Gasteiger partial charge in [0.1, 0.15) is 12.3 Å². The van der Waals surface area contributed by atoms with Crippen molar-refractivity contribution in [2.24, 2.45) is 5.73 Å². The highest BCUT2D eigenvalue weighted by Crippen LogP contribution is 2.36. The maximum Gasteiger partial charge on any atom is 0.526 e. The molecular weight excluding hydrogens is 327 g/mol. The minimum absolute atomic E-state index is 0.00349. The number of para-hydroxylation sites is 1. The Morgan fingerprint density at radius 3 is 3.00 bits per heavy atom. The van der Waals surface area contributed by atoms with Gasteiger partial charge in [-0.15, -0.1) is 4.68 Å². The molecule has 0 aliphatic carbocycles. The first-order chi connectivity index (χ1) is 12.0. The summed E-state index contributed by atoms with van der Waals surface area (Å²) in [5, 5.41) is 23.5. The van der Waals surface area contributed by atoms with E-state index in [2.05, 4.69) is 5.21 Å². The molecule has 4 N–H and O–H groups in total. The van der Waals surface area contributed by atoms with Gasteiger partial charge in [0, 0.05) is 12.4 Å². The second-order valence-electron chi connectivity index (χ2n) is 5.85. The molecule has 0 saturated heterocycles. The van der Waals surface area contributed by atoms with Crippen molar-refractivity contribution in [1.82, 2.24) is 9.90 Å². The third-order valence-electron chi connectivity index (χ3n) is 4.09.